The van der Waals surface area contributed by atoms with Gasteiger partial charge in [-0.05, 0) is 31.9 Å². The summed E-state index contributed by atoms with van der Waals surface area (Å²) in [5.41, 5.74) is 0. The van der Waals surface area contributed by atoms with Crippen LogP contribution in [0.2, 0.25) is 5.15 Å². The molecule has 1 saturated heterocycles. The van der Waals surface area contributed by atoms with Crippen molar-refractivity contribution in [1.29, 1.82) is 0 Å². The van der Waals surface area contributed by atoms with Crippen LogP contribution in [0.25, 0.3) is 0 Å². The van der Waals surface area contributed by atoms with Gasteiger partial charge in [0.05, 0.1) is 0 Å². The fourth-order valence-electron chi connectivity index (χ4n) is 2.06. The minimum absolute atomic E-state index is 0.0651. The zero-order valence-corrected chi connectivity index (χ0v) is 10.9. The molecule has 1 unspecified atom stereocenters. The van der Waals surface area contributed by atoms with Gasteiger partial charge in [-0.15, -0.1) is 0 Å². The molecule has 1 fully saturated rings. The van der Waals surface area contributed by atoms with Crippen LogP contribution in [-0.4, -0.2) is 28.5 Å². The van der Waals surface area contributed by atoms with Crippen molar-refractivity contribution in [2.45, 2.75) is 38.1 Å². The van der Waals surface area contributed by atoms with Crippen molar-refractivity contribution in [2.24, 2.45) is 0 Å². The summed E-state index contributed by atoms with van der Waals surface area (Å²) in [6.45, 7) is 1.06. The molecule has 18 heavy (non-hydrogen) atoms. The summed E-state index contributed by atoms with van der Waals surface area (Å²) < 4.78 is 0. The highest BCUT2D eigenvalue weighted by molar-refractivity contribution is 6.29. The Hall–Kier alpha value is -1.20. The van der Waals surface area contributed by atoms with E-state index in [0.29, 0.717) is 17.6 Å². The van der Waals surface area contributed by atoms with Crippen LogP contribution in [-0.2, 0) is 4.79 Å². The molecule has 0 radical (unpaired) electrons. The Morgan fingerprint density at radius 1 is 1.56 bits per heavy atom. The van der Waals surface area contributed by atoms with Crippen LogP contribution < -0.4 is 10.6 Å². The number of amides is 1. The summed E-state index contributed by atoms with van der Waals surface area (Å²) >= 11 is 5.71. The molecule has 0 aliphatic carbocycles. The normalized spacial score (nSPS) is 19.5. The first kappa shape index (κ1) is 13.2. The maximum Gasteiger partial charge on any atom is 0.230 e. The maximum absolute atomic E-state index is 11.7. The van der Waals surface area contributed by atoms with E-state index in [1.165, 1.54) is 19.0 Å². The second kappa shape index (κ2) is 6.66. The van der Waals surface area contributed by atoms with Crippen LogP contribution >= 0.6 is 11.6 Å². The van der Waals surface area contributed by atoms with E-state index in [0.717, 1.165) is 19.4 Å². The first-order chi connectivity index (χ1) is 8.74. The zero-order valence-electron chi connectivity index (χ0n) is 10.2. The minimum atomic E-state index is -0.0651. The van der Waals surface area contributed by atoms with E-state index in [4.69, 9.17) is 11.6 Å². The highest BCUT2D eigenvalue weighted by Crippen LogP contribution is 2.12. The van der Waals surface area contributed by atoms with Crippen molar-refractivity contribution in [3.8, 4) is 0 Å². The van der Waals surface area contributed by atoms with Crippen molar-refractivity contribution in [1.82, 2.24) is 15.3 Å². The maximum atomic E-state index is 11.7. The molecule has 2 N–H and O–H groups in total. The fraction of sp³-hybridized carbons (Fsp3) is 0.583. The average molecular weight is 269 g/mol. The molecule has 1 atom stereocenters. The molecule has 1 aliphatic heterocycles. The van der Waals surface area contributed by atoms with Gasteiger partial charge in [0.25, 0.3) is 0 Å². The number of halogens is 1. The lowest BCUT2D eigenvalue weighted by Gasteiger charge is -2.22. The predicted octanol–water partition coefficient (Wildman–Crippen LogP) is 1.99. The van der Waals surface area contributed by atoms with Crippen molar-refractivity contribution >= 4 is 23.5 Å². The molecule has 2 rings (SSSR count). The highest BCUT2D eigenvalue weighted by atomic mass is 35.5. The summed E-state index contributed by atoms with van der Waals surface area (Å²) in [6.07, 6.45) is 6.49. The van der Waals surface area contributed by atoms with Gasteiger partial charge in [0.2, 0.25) is 11.9 Å². The van der Waals surface area contributed by atoms with E-state index < -0.39 is 0 Å². The van der Waals surface area contributed by atoms with Crippen LogP contribution in [0.4, 0.5) is 5.95 Å². The smallest absolute Gasteiger partial charge is 0.230 e. The topological polar surface area (TPSA) is 66.9 Å². The van der Waals surface area contributed by atoms with E-state index in [9.17, 15) is 4.79 Å². The van der Waals surface area contributed by atoms with Crippen LogP contribution in [0.15, 0.2) is 12.3 Å². The van der Waals surface area contributed by atoms with Crippen molar-refractivity contribution in [2.75, 3.05) is 11.9 Å². The molecular weight excluding hydrogens is 252 g/mol. The lowest BCUT2D eigenvalue weighted by atomic mass is 10.0. The summed E-state index contributed by atoms with van der Waals surface area (Å²) in [7, 11) is 0. The van der Waals surface area contributed by atoms with E-state index >= 15 is 0 Å². The molecule has 5 nitrogen and oxygen atoms in total. The molecular formula is C12H17ClN4O. The van der Waals surface area contributed by atoms with E-state index in [1.54, 1.807) is 6.07 Å². The Morgan fingerprint density at radius 2 is 2.44 bits per heavy atom. The summed E-state index contributed by atoms with van der Waals surface area (Å²) in [5.74, 6) is 0.203. The molecule has 1 aromatic rings. The number of carbonyl (C=O) groups excluding carboxylic acids is 1. The highest BCUT2D eigenvalue weighted by Gasteiger charge is 2.14. The number of hydrogen-bond acceptors (Lipinski definition) is 4. The second-order valence-corrected chi connectivity index (χ2v) is 4.82. The van der Waals surface area contributed by atoms with Gasteiger partial charge in [-0.3, -0.25) is 10.1 Å². The number of rotatable bonds is 4. The molecule has 0 aromatic carbocycles. The van der Waals surface area contributed by atoms with Crippen LogP contribution in [0.1, 0.15) is 32.1 Å². The lowest BCUT2D eigenvalue weighted by Crippen LogP contribution is -2.34. The second-order valence-electron chi connectivity index (χ2n) is 4.44. The minimum Gasteiger partial charge on any atom is -0.314 e. The molecule has 1 aliphatic rings. The standard InChI is InChI=1S/C12H17ClN4O/c13-10-6-8-15-12(16-10)17-11(18)5-4-9-3-1-2-7-14-9/h6,8-9,14H,1-5,7H2,(H,15,16,17,18). The Labute approximate surface area is 111 Å². The fourth-order valence-corrected chi connectivity index (χ4v) is 2.20. The van der Waals surface area contributed by atoms with E-state index in [-0.39, 0.29) is 11.9 Å². The first-order valence-electron chi connectivity index (χ1n) is 6.26. The largest absolute Gasteiger partial charge is 0.314 e. The summed E-state index contributed by atoms with van der Waals surface area (Å²) in [4.78, 5) is 19.6. The van der Waals surface area contributed by atoms with Crippen molar-refractivity contribution in [3.63, 3.8) is 0 Å². The Morgan fingerprint density at radius 3 is 3.17 bits per heavy atom. The van der Waals surface area contributed by atoms with Gasteiger partial charge < -0.3 is 5.32 Å². The third-order valence-corrected chi connectivity index (χ3v) is 3.22. The third-order valence-electron chi connectivity index (χ3n) is 3.01. The van der Waals surface area contributed by atoms with Gasteiger partial charge in [0, 0.05) is 18.7 Å². The van der Waals surface area contributed by atoms with Crippen molar-refractivity contribution < 1.29 is 4.79 Å². The van der Waals surface area contributed by atoms with E-state index in [1.807, 2.05) is 0 Å². The molecule has 1 aromatic heterocycles. The number of nitrogens with zero attached hydrogens (tertiary/aromatic N) is 2. The molecule has 0 spiro atoms. The number of hydrogen-bond donors (Lipinski definition) is 2. The van der Waals surface area contributed by atoms with Crippen LogP contribution in [0.3, 0.4) is 0 Å². The third kappa shape index (κ3) is 4.23. The van der Waals surface area contributed by atoms with Gasteiger partial charge in [0.1, 0.15) is 5.15 Å². The van der Waals surface area contributed by atoms with Crippen molar-refractivity contribution in [3.05, 3.63) is 17.4 Å². The molecule has 0 bridgehead atoms. The number of nitrogens with one attached hydrogen (secondary N) is 2. The first-order valence-corrected chi connectivity index (χ1v) is 6.63. The van der Waals surface area contributed by atoms with Gasteiger partial charge in [-0.25, -0.2) is 9.97 Å². The van der Waals surface area contributed by atoms with E-state index in [2.05, 4.69) is 20.6 Å². The molecule has 6 heteroatoms. The zero-order chi connectivity index (χ0) is 12.8. The number of carbonyl (C=O) groups is 1. The van der Waals surface area contributed by atoms with Gasteiger partial charge in [-0.1, -0.05) is 18.0 Å². The Balaban J connectivity index is 1.74. The Kier molecular flexibility index (Phi) is 4.90. The van der Waals surface area contributed by atoms with Gasteiger partial charge >= 0.3 is 0 Å². The number of aromatic nitrogens is 2. The summed E-state index contributed by atoms with van der Waals surface area (Å²) in [5, 5.41) is 6.39. The van der Waals surface area contributed by atoms with Gasteiger partial charge in [0.15, 0.2) is 0 Å². The van der Waals surface area contributed by atoms with Crippen LogP contribution in [0.5, 0.6) is 0 Å². The molecule has 1 amide bonds. The summed E-state index contributed by atoms with van der Waals surface area (Å²) in [6, 6.07) is 2.04. The average Bonchev–Trinajstić information content (AvgIpc) is 2.38. The SMILES string of the molecule is O=C(CCC1CCCCN1)Nc1nccc(Cl)n1. The van der Waals surface area contributed by atoms with Crippen LogP contribution in [0, 0.1) is 0 Å². The lowest BCUT2D eigenvalue weighted by molar-refractivity contribution is -0.116. The number of piperidine rings is 1. The number of anilines is 1. The monoisotopic (exact) mass is 268 g/mol. The quantitative estimate of drug-likeness (QED) is 0.820. The Bertz CT molecular complexity index is 407. The van der Waals surface area contributed by atoms with Gasteiger partial charge in [-0.2, -0.15) is 0 Å². The molecule has 2 heterocycles. The predicted molar refractivity (Wildman–Crippen MR) is 70.5 cm³/mol. The molecule has 0 saturated carbocycles. The molecule has 98 valence electrons.